The average molecular weight is 366 g/mol. The van der Waals surface area contributed by atoms with E-state index < -0.39 is 0 Å². The van der Waals surface area contributed by atoms with Crippen LogP contribution in [-0.4, -0.2) is 28.8 Å². The molecule has 27 heavy (non-hydrogen) atoms. The highest BCUT2D eigenvalue weighted by atomic mass is 19.1. The molecule has 2 amide bonds. The summed E-state index contributed by atoms with van der Waals surface area (Å²) >= 11 is 0. The molecule has 2 aromatic heterocycles. The first-order valence-electron chi connectivity index (χ1n) is 8.79. The van der Waals surface area contributed by atoms with Gasteiger partial charge in [-0.1, -0.05) is 12.1 Å². The molecule has 1 aliphatic carbocycles. The Morgan fingerprint density at radius 1 is 1.30 bits per heavy atom. The topological polar surface area (TPSA) is 86.9 Å². The van der Waals surface area contributed by atoms with Gasteiger partial charge < -0.3 is 15.6 Å². The van der Waals surface area contributed by atoms with Crippen LogP contribution in [-0.2, 0) is 4.79 Å². The summed E-state index contributed by atoms with van der Waals surface area (Å²) in [6.45, 7) is 1.69. The summed E-state index contributed by atoms with van der Waals surface area (Å²) in [4.78, 5) is 31.8. The van der Waals surface area contributed by atoms with Gasteiger partial charge in [-0.05, 0) is 37.5 Å². The maximum Gasteiger partial charge on any atom is 0.253 e. The molecule has 3 N–H and O–H groups in total. The standard InChI is InChI=1S/C20H19FN4O2/c1-10-4-3-5-12(16(10)21)15-8-13-14(20(27)22-2)9-23-18(17(13)24-15)25-19(26)11-6-7-11/h3-5,8-9,11,24H,6-7H2,1-2H3,(H,22,27)(H,23,25,26). The summed E-state index contributed by atoms with van der Waals surface area (Å²) in [6, 6.07) is 6.85. The van der Waals surface area contributed by atoms with Crippen molar-refractivity contribution in [2.24, 2.45) is 5.92 Å². The van der Waals surface area contributed by atoms with Crippen LogP contribution in [0.2, 0.25) is 0 Å². The molecule has 0 bridgehead atoms. The number of hydrogen-bond acceptors (Lipinski definition) is 3. The van der Waals surface area contributed by atoms with Crippen molar-refractivity contribution in [1.82, 2.24) is 15.3 Å². The van der Waals surface area contributed by atoms with E-state index in [9.17, 15) is 14.0 Å². The maximum atomic E-state index is 14.6. The minimum Gasteiger partial charge on any atom is -0.355 e. The molecule has 6 nitrogen and oxygen atoms in total. The van der Waals surface area contributed by atoms with E-state index in [0.29, 0.717) is 39.1 Å². The van der Waals surface area contributed by atoms with Crippen molar-refractivity contribution in [2.45, 2.75) is 19.8 Å². The molecular weight excluding hydrogens is 347 g/mol. The number of benzene rings is 1. The molecule has 0 atom stereocenters. The average Bonchev–Trinajstić information content (AvgIpc) is 3.42. The van der Waals surface area contributed by atoms with E-state index >= 15 is 0 Å². The quantitative estimate of drug-likeness (QED) is 0.661. The number of carbonyl (C=O) groups excluding carboxylic acids is 2. The van der Waals surface area contributed by atoms with Crippen molar-refractivity contribution in [1.29, 1.82) is 0 Å². The largest absolute Gasteiger partial charge is 0.355 e. The van der Waals surface area contributed by atoms with E-state index in [1.807, 2.05) is 0 Å². The number of amides is 2. The Labute approximate surface area is 155 Å². The Morgan fingerprint density at radius 2 is 2.07 bits per heavy atom. The van der Waals surface area contributed by atoms with Gasteiger partial charge in [-0.15, -0.1) is 0 Å². The monoisotopic (exact) mass is 366 g/mol. The Bertz CT molecular complexity index is 1070. The minimum absolute atomic E-state index is 0.0177. The summed E-state index contributed by atoms with van der Waals surface area (Å²) in [7, 11) is 1.53. The van der Waals surface area contributed by atoms with E-state index in [4.69, 9.17) is 0 Å². The Morgan fingerprint density at radius 3 is 2.78 bits per heavy atom. The number of carbonyl (C=O) groups is 2. The first-order valence-corrected chi connectivity index (χ1v) is 8.79. The molecular formula is C20H19FN4O2. The van der Waals surface area contributed by atoms with Crippen molar-refractivity contribution in [3.8, 4) is 11.3 Å². The third kappa shape index (κ3) is 3.05. The highest BCUT2D eigenvalue weighted by molar-refractivity contribution is 6.11. The Kier molecular flexibility index (Phi) is 4.14. The van der Waals surface area contributed by atoms with Crippen LogP contribution in [0.1, 0.15) is 28.8 Å². The summed E-state index contributed by atoms with van der Waals surface area (Å²) in [5, 5.41) is 5.97. The molecule has 4 rings (SSSR count). The molecule has 1 saturated carbocycles. The lowest BCUT2D eigenvalue weighted by Crippen LogP contribution is -2.19. The van der Waals surface area contributed by atoms with E-state index in [-0.39, 0.29) is 23.5 Å². The SMILES string of the molecule is CNC(=O)c1cnc(NC(=O)C2CC2)c2[nH]c(-c3cccc(C)c3F)cc12. The lowest BCUT2D eigenvalue weighted by Gasteiger charge is -2.07. The van der Waals surface area contributed by atoms with Crippen molar-refractivity contribution in [3.63, 3.8) is 0 Å². The molecule has 0 unspecified atom stereocenters. The second kappa shape index (κ2) is 6.50. The van der Waals surface area contributed by atoms with Gasteiger partial charge in [0.1, 0.15) is 5.82 Å². The first kappa shape index (κ1) is 17.2. The molecule has 3 aromatic rings. The van der Waals surface area contributed by atoms with Crippen LogP contribution in [0.25, 0.3) is 22.2 Å². The fraction of sp³-hybridized carbons (Fsp3) is 0.250. The van der Waals surface area contributed by atoms with E-state index in [1.54, 1.807) is 31.2 Å². The van der Waals surface area contributed by atoms with Gasteiger partial charge in [-0.2, -0.15) is 0 Å². The second-order valence-corrected chi connectivity index (χ2v) is 6.77. The predicted octanol–water partition coefficient (Wildman–Crippen LogP) is 3.39. The van der Waals surface area contributed by atoms with Crippen LogP contribution in [0.3, 0.4) is 0 Å². The van der Waals surface area contributed by atoms with Crippen LogP contribution in [0.5, 0.6) is 0 Å². The van der Waals surface area contributed by atoms with Gasteiger partial charge >= 0.3 is 0 Å². The number of rotatable bonds is 4. The first-order chi connectivity index (χ1) is 13.0. The van der Waals surface area contributed by atoms with Crippen LogP contribution >= 0.6 is 0 Å². The number of pyridine rings is 1. The molecule has 7 heteroatoms. The molecule has 1 aliphatic rings. The summed E-state index contributed by atoms with van der Waals surface area (Å²) in [5.74, 6) is -0.364. The van der Waals surface area contributed by atoms with Crippen molar-refractivity contribution < 1.29 is 14.0 Å². The van der Waals surface area contributed by atoms with Gasteiger partial charge in [0.2, 0.25) is 5.91 Å². The highest BCUT2D eigenvalue weighted by Gasteiger charge is 2.30. The number of H-pyrrole nitrogens is 1. The van der Waals surface area contributed by atoms with E-state index in [0.717, 1.165) is 12.8 Å². The number of nitrogens with zero attached hydrogens (tertiary/aromatic N) is 1. The Balaban J connectivity index is 1.88. The number of hydrogen-bond donors (Lipinski definition) is 3. The third-order valence-corrected chi connectivity index (χ3v) is 4.81. The van der Waals surface area contributed by atoms with Crippen molar-refractivity contribution in [2.75, 3.05) is 12.4 Å². The number of aryl methyl sites for hydroxylation is 1. The number of halogens is 1. The molecule has 0 radical (unpaired) electrons. The van der Waals surface area contributed by atoms with E-state index in [1.165, 1.54) is 13.2 Å². The number of aromatic amines is 1. The number of aromatic nitrogens is 2. The van der Waals surface area contributed by atoms with Gasteiger partial charge in [-0.3, -0.25) is 9.59 Å². The molecule has 0 aliphatic heterocycles. The van der Waals surface area contributed by atoms with Crippen LogP contribution in [0, 0.1) is 18.7 Å². The molecule has 1 fully saturated rings. The maximum absolute atomic E-state index is 14.6. The van der Waals surface area contributed by atoms with Gasteiger partial charge in [0, 0.05) is 35.8 Å². The lowest BCUT2D eigenvalue weighted by atomic mass is 10.1. The van der Waals surface area contributed by atoms with Crippen molar-refractivity contribution in [3.05, 3.63) is 47.4 Å². The van der Waals surface area contributed by atoms with Crippen molar-refractivity contribution >= 4 is 28.5 Å². The number of fused-ring (bicyclic) bond motifs is 1. The summed E-state index contributed by atoms with van der Waals surface area (Å²) in [5.41, 5.74) is 2.30. The number of nitrogens with one attached hydrogen (secondary N) is 3. The van der Waals surface area contributed by atoms with Crippen LogP contribution in [0.4, 0.5) is 10.2 Å². The third-order valence-electron chi connectivity index (χ3n) is 4.81. The molecule has 1 aromatic carbocycles. The van der Waals surface area contributed by atoms with Gasteiger partial charge in [0.05, 0.1) is 11.1 Å². The molecule has 0 saturated heterocycles. The van der Waals surface area contributed by atoms with Gasteiger partial charge in [0.15, 0.2) is 5.82 Å². The smallest absolute Gasteiger partial charge is 0.253 e. The van der Waals surface area contributed by atoms with Crippen LogP contribution < -0.4 is 10.6 Å². The highest BCUT2D eigenvalue weighted by Crippen LogP contribution is 2.34. The Hall–Kier alpha value is -3.22. The number of anilines is 1. The van der Waals surface area contributed by atoms with E-state index in [2.05, 4.69) is 20.6 Å². The fourth-order valence-electron chi connectivity index (χ4n) is 3.09. The fourth-order valence-corrected chi connectivity index (χ4v) is 3.09. The normalized spacial score (nSPS) is 13.6. The van der Waals surface area contributed by atoms with Gasteiger partial charge in [0.25, 0.3) is 5.91 Å². The molecule has 0 spiro atoms. The molecule has 2 heterocycles. The summed E-state index contributed by atoms with van der Waals surface area (Å²) < 4.78 is 14.6. The minimum atomic E-state index is -0.331. The zero-order valence-electron chi connectivity index (χ0n) is 15.0. The van der Waals surface area contributed by atoms with Gasteiger partial charge in [-0.25, -0.2) is 9.37 Å². The second-order valence-electron chi connectivity index (χ2n) is 6.77. The predicted molar refractivity (Wildman–Crippen MR) is 101 cm³/mol. The zero-order valence-corrected chi connectivity index (χ0v) is 15.0. The van der Waals surface area contributed by atoms with Crippen LogP contribution in [0.15, 0.2) is 30.5 Å². The summed E-state index contributed by atoms with van der Waals surface area (Å²) in [6.07, 6.45) is 3.17. The lowest BCUT2D eigenvalue weighted by molar-refractivity contribution is -0.117. The zero-order chi connectivity index (χ0) is 19.1. The molecule has 138 valence electrons.